The second-order valence-corrected chi connectivity index (χ2v) is 12.5. The number of alkyl halides is 6. The molecule has 0 atom stereocenters. The molecule has 0 unspecified atom stereocenters. The fraction of sp³-hybridized carbons (Fsp3) is 0.136. The zero-order valence-corrected chi connectivity index (χ0v) is 21.7. The van der Waals surface area contributed by atoms with Crippen LogP contribution in [-0.4, -0.2) is 20.8 Å². The molecule has 4 aromatic rings. The Kier molecular flexibility index (Phi) is 6.97. The second kappa shape index (κ2) is 9.56. The smallest absolute Gasteiger partial charge is 0.297 e. The van der Waals surface area contributed by atoms with Gasteiger partial charge in [0.15, 0.2) is 0 Å². The van der Waals surface area contributed by atoms with Crippen molar-refractivity contribution in [3.05, 3.63) is 81.3 Å². The van der Waals surface area contributed by atoms with Crippen LogP contribution in [-0.2, 0) is 39.4 Å². The maximum atomic E-state index is 13.2. The quantitative estimate of drug-likeness (QED) is 0.290. The number of benzene rings is 3. The largest absolute Gasteiger partial charge is 0.416 e. The number of sulfonamides is 2. The van der Waals surface area contributed by atoms with Crippen LogP contribution in [0.1, 0.15) is 11.1 Å². The highest BCUT2D eigenvalue weighted by molar-refractivity contribution is 7.93. The number of halogens is 6. The molecule has 0 aliphatic rings. The minimum absolute atomic E-state index is 0.0287. The van der Waals surface area contributed by atoms with E-state index in [1.54, 1.807) is 7.05 Å². The summed E-state index contributed by atoms with van der Waals surface area (Å²) in [6.07, 6.45) is -10.6. The summed E-state index contributed by atoms with van der Waals surface area (Å²) < 4.78 is 136. The summed E-state index contributed by atoms with van der Waals surface area (Å²) >= 11 is 0.846. The van der Waals surface area contributed by atoms with Gasteiger partial charge in [0, 0.05) is 7.05 Å². The summed E-state index contributed by atoms with van der Waals surface area (Å²) in [4.78, 5) is 10.4. The third-order valence-corrected chi connectivity index (χ3v) is 8.91. The van der Waals surface area contributed by atoms with E-state index in [0.717, 1.165) is 29.7 Å². The van der Waals surface area contributed by atoms with Gasteiger partial charge in [-0.25, -0.2) is 16.8 Å². The van der Waals surface area contributed by atoms with Crippen molar-refractivity contribution in [1.82, 2.24) is 3.96 Å². The summed E-state index contributed by atoms with van der Waals surface area (Å²) in [6.45, 7) is 0. The van der Waals surface area contributed by atoms with Crippen molar-refractivity contribution in [1.29, 1.82) is 0 Å². The van der Waals surface area contributed by atoms with Crippen LogP contribution in [0.2, 0.25) is 0 Å². The minimum Gasteiger partial charge on any atom is -0.297 e. The number of hydrogen-bond donors (Lipinski definition) is 2. The lowest BCUT2D eigenvalue weighted by atomic mass is 10.1. The Hall–Kier alpha value is -3.57. The number of rotatable bonds is 6. The van der Waals surface area contributed by atoms with Gasteiger partial charge in [-0.2, -0.15) is 26.3 Å². The Balaban J connectivity index is 1.72. The molecule has 0 amide bonds. The molecule has 0 saturated heterocycles. The Morgan fingerprint density at radius 2 is 1.21 bits per heavy atom. The third-order valence-electron chi connectivity index (χ3n) is 5.34. The van der Waals surface area contributed by atoms with Crippen LogP contribution in [0.4, 0.5) is 37.7 Å². The lowest BCUT2D eigenvalue weighted by molar-refractivity contribution is -0.143. The molecule has 0 fully saturated rings. The fourth-order valence-corrected chi connectivity index (χ4v) is 6.52. The summed E-state index contributed by atoms with van der Waals surface area (Å²) in [5, 5.41) is 0.115. The second-order valence-electron chi connectivity index (χ2n) is 8.05. The summed E-state index contributed by atoms with van der Waals surface area (Å²) in [5.74, 6) is 0. The van der Waals surface area contributed by atoms with Crippen molar-refractivity contribution in [2.75, 3.05) is 9.44 Å². The number of nitrogens with zero attached hydrogens (tertiary/aromatic N) is 1. The number of nitrogens with one attached hydrogen (secondary N) is 2. The highest BCUT2D eigenvalue weighted by atomic mass is 32.2. The number of fused-ring (bicyclic) bond motifs is 1. The molecule has 39 heavy (non-hydrogen) atoms. The van der Waals surface area contributed by atoms with Gasteiger partial charge in [0.2, 0.25) is 0 Å². The predicted octanol–water partition coefficient (Wildman–Crippen LogP) is 5.24. The number of para-hydroxylation sites is 2. The molecule has 1 heterocycles. The average Bonchev–Trinajstić information content (AvgIpc) is 3.11. The molecule has 3 aromatic carbocycles. The van der Waals surface area contributed by atoms with E-state index in [9.17, 15) is 48.0 Å². The van der Waals surface area contributed by atoms with Crippen LogP contribution in [0.5, 0.6) is 0 Å². The molecular formula is C22H15F6N3O5S3. The van der Waals surface area contributed by atoms with Crippen LogP contribution in [0.25, 0.3) is 10.9 Å². The number of aryl methyl sites for hydroxylation is 1. The normalized spacial score (nSPS) is 13.0. The molecule has 8 nitrogen and oxygen atoms in total. The first-order valence-corrected chi connectivity index (χ1v) is 14.2. The summed E-state index contributed by atoms with van der Waals surface area (Å²) in [5.41, 5.74) is -4.10. The minimum atomic E-state index is -5.29. The van der Waals surface area contributed by atoms with Gasteiger partial charge in [-0.05, 0) is 60.1 Å². The van der Waals surface area contributed by atoms with Crippen molar-refractivity contribution in [3.8, 4) is 0 Å². The Labute approximate surface area is 220 Å². The van der Waals surface area contributed by atoms with Crippen molar-refractivity contribution < 1.29 is 43.2 Å². The molecule has 0 bridgehead atoms. The Morgan fingerprint density at radius 3 is 1.69 bits per heavy atom. The van der Waals surface area contributed by atoms with Gasteiger partial charge in [0.25, 0.3) is 24.8 Å². The van der Waals surface area contributed by atoms with E-state index in [1.165, 1.54) is 28.2 Å². The van der Waals surface area contributed by atoms with Gasteiger partial charge in [-0.15, -0.1) is 0 Å². The Bertz CT molecular complexity index is 1830. The molecule has 1 aromatic heterocycles. The van der Waals surface area contributed by atoms with Crippen LogP contribution < -0.4 is 14.2 Å². The van der Waals surface area contributed by atoms with Crippen LogP contribution in [0.15, 0.2) is 75.2 Å². The maximum Gasteiger partial charge on any atom is 0.416 e. The molecule has 2 N–H and O–H groups in total. The lowest BCUT2D eigenvalue weighted by Gasteiger charge is -2.17. The van der Waals surface area contributed by atoms with Crippen LogP contribution >= 0.6 is 11.5 Å². The first kappa shape index (κ1) is 28.4. The van der Waals surface area contributed by atoms with Crippen molar-refractivity contribution in [2.45, 2.75) is 22.1 Å². The maximum absolute atomic E-state index is 13.2. The first-order valence-electron chi connectivity index (χ1n) is 10.4. The first-order chi connectivity index (χ1) is 17.9. The molecule has 208 valence electrons. The van der Waals surface area contributed by atoms with E-state index in [0.29, 0.717) is 5.52 Å². The lowest BCUT2D eigenvalue weighted by Crippen LogP contribution is -2.19. The fourth-order valence-electron chi connectivity index (χ4n) is 3.49. The van der Waals surface area contributed by atoms with E-state index < -0.39 is 58.9 Å². The van der Waals surface area contributed by atoms with Crippen molar-refractivity contribution >= 4 is 53.9 Å². The van der Waals surface area contributed by atoms with E-state index >= 15 is 0 Å². The van der Waals surface area contributed by atoms with Gasteiger partial charge < -0.3 is 0 Å². The molecule has 0 spiro atoms. The standard InChI is InChI=1S/C22H15F6N3O5S3/c1-31-19-7-6-14(11-16(19)20(32)37-31)38(33,34)29-17-4-2-3-5-18(17)30-39(35,36)15-9-12(21(23,24)25)8-13(10-15)22(26,27)28/h2-11,29-30H,1H3. The van der Waals surface area contributed by atoms with Gasteiger partial charge >= 0.3 is 12.4 Å². The molecule has 0 radical (unpaired) electrons. The van der Waals surface area contributed by atoms with E-state index in [4.69, 9.17) is 0 Å². The molecule has 4 rings (SSSR count). The zero-order valence-electron chi connectivity index (χ0n) is 19.3. The van der Waals surface area contributed by atoms with Gasteiger partial charge in [0.1, 0.15) is 0 Å². The van der Waals surface area contributed by atoms with Gasteiger partial charge in [-0.3, -0.25) is 18.2 Å². The SMILES string of the molecule is Cn1sc(=O)c2cc(S(=O)(=O)Nc3ccccc3NS(=O)(=O)c3cc(C(F)(F)F)cc(C(F)(F)F)c3)ccc21. The molecule has 17 heteroatoms. The van der Waals surface area contributed by atoms with Crippen molar-refractivity contribution in [2.24, 2.45) is 7.05 Å². The monoisotopic (exact) mass is 611 g/mol. The van der Waals surface area contributed by atoms with Crippen LogP contribution in [0.3, 0.4) is 0 Å². The molecule has 0 aliphatic carbocycles. The molecule has 0 aliphatic heterocycles. The number of anilines is 2. The average molecular weight is 612 g/mol. The third kappa shape index (κ3) is 5.89. The molecular weight excluding hydrogens is 596 g/mol. The number of aromatic nitrogens is 1. The zero-order chi connectivity index (χ0) is 29.0. The Morgan fingerprint density at radius 1 is 0.718 bits per heavy atom. The van der Waals surface area contributed by atoms with Gasteiger partial charge in [-0.1, -0.05) is 12.1 Å². The van der Waals surface area contributed by atoms with E-state index in [2.05, 4.69) is 4.72 Å². The topological polar surface area (TPSA) is 114 Å². The van der Waals surface area contributed by atoms with Crippen molar-refractivity contribution in [3.63, 3.8) is 0 Å². The van der Waals surface area contributed by atoms with Crippen LogP contribution in [0, 0.1) is 0 Å². The summed E-state index contributed by atoms with van der Waals surface area (Å²) in [7, 11) is -7.91. The highest BCUT2D eigenvalue weighted by Crippen LogP contribution is 2.38. The van der Waals surface area contributed by atoms with Gasteiger partial charge in [0.05, 0.1) is 43.2 Å². The molecule has 0 saturated carbocycles. The van der Waals surface area contributed by atoms with E-state index in [-0.39, 0.29) is 34.2 Å². The summed E-state index contributed by atoms with van der Waals surface area (Å²) in [6, 6.07) is 8.26. The predicted molar refractivity (Wildman–Crippen MR) is 132 cm³/mol. The highest BCUT2D eigenvalue weighted by Gasteiger charge is 2.38. The van der Waals surface area contributed by atoms with E-state index in [1.807, 2.05) is 4.72 Å². The number of hydrogen-bond acceptors (Lipinski definition) is 6.